The molecule has 0 unspecified atom stereocenters. The summed E-state index contributed by atoms with van der Waals surface area (Å²) in [6, 6.07) is 8.57. The molecule has 0 spiro atoms. The van der Waals surface area contributed by atoms with Crippen LogP contribution < -0.4 is 0 Å². The second-order valence-corrected chi connectivity index (χ2v) is 5.59. The molecule has 3 heteroatoms. The molecule has 0 saturated carbocycles. The fourth-order valence-corrected chi connectivity index (χ4v) is 2.60. The molecule has 1 aromatic heterocycles. The number of hydrogen-bond donors (Lipinski definition) is 2. The van der Waals surface area contributed by atoms with Crippen LogP contribution in [0.2, 0.25) is 0 Å². The highest BCUT2D eigenvalue weighted by Crippen LogP contribution is 2.30. The first-order valence-electron chi connectivity index (χ1n) is 6.30. The van der Waals surface area contributed by atoms with Crippen molar-refractivity contribution in [3.63, 3.8) is 0 Å². The van der Waals surface area contributed by atoms with E-state index in [0.717, 1.165) is 28.2 Å². The van der Waals surface area contributed by atoms with Gasteiger partial charge in [0.2, 0.25) is 0 Å². The minimum atomic E-state index is 0.998. The minimum absolute atomic E-state index is 0.998. The summed E-state index contributed by atoms with van der Waals surface area (Å²) in [6.07, 6.45) is 5.43. The fourth-order valence-electron chi connectivity index (χ4n) is 2.06. The Morgan fingerprint density at radius 3 is 2.72 bits per heavy atom. The smallest absolute Gasteiger partial charge is 0.0478 e. The van der Waals surface area contributed by atoms with Crippen LogP contribution in [0.25, 0.3) is 15.8 Å². The molecule has 0 N–H and O–H groups in total. The zero-order valence-corrected chi connectivity index (χ0v) is 12.6. The number of thiol groups is 2. The number of hydrogen-bond acceptors (Lipinski definition) is 2. The van der Waals surface area contributed by atoms with E-state index >= 15 is 0 Å². The average Bonchev–Trinajstić information content (AvgIpc) is 2.76. The Hall–Kier alpha value is -0.800. The molecule has 18 heavy (non-hydrogen) atoms. The largest absolute Gasteiger partial charge is 0.351 e. The second kappa shape index (κ2) is 5.89. The van der Waals surface area contributed by atoms with Crippen molar-refractivity contribution in [2.24, 2.45) is 7.05 Å². The van der Waals surface area contributed by atoms with Gasteiger partial charge >= 0.3 is 0 Å². The van der Waals surface area contributed by atoms with E-state index in [1.165, 1.54) is 17.3 Å². The number of fused-ring (bicyclic) bond motifs is 1. The lowest BCUT2D eigenvalue weighted by molar-refractivity contribution is 0.811. The molecule has 1 aromatic carbocycles. The van der Waals surface area contributed by atoms with Gasteiger partial charge < -0.3 is 4.57 Å². The van der Waals surface area contributed by atoms with Crippen LogP contribution in [0.4, 0.5) is 0 Å². The number of allylic oxidation sites excluding steroid dienone is 1. The van der Waals surface area contributed by atoms with Crippen molar-refractivity contribution in [1.29, 1.82) is 0 Å². The molecular formula is C15H19NS2. The lowest BCUT2D eigenvalue weighted by Gasteiger charge is -2.07. The van der Waals surface area contributed by atoms with E-state index in [-0.39, 0.29) is 0 Å². The molecule has 0 bridgehead atoms. The normalized spacial score (nSPS) is 12.9. The highest BCUT2D eigenvalue weighted by Gasteiger charge is 2.05. The van der Waals surface area contributed by atoms with Crippen molar-refractivity contribution >= 4 is 41.1 Å². The number of nitrogens with zero attached hydrogens (tertiary/aromatic N) is 1. The van der Waals surface area contributed by atoms with Crippen LogP contribution in [0.5, 0.6) is 0 Å². The van der Waals surface area contributed by atoms with E-state index in [2.05, 4.69) is 74.3 Å². The van der Waals surface area contributed by atoms with E-state index in [1.54, 1.807) is 0 Å². The van der Waals surface area contributed by atoms with Crippen LogP contribution in [0.1, 0.15) is 31.7 Å². The molecule has 0 aliphatic carbocycles. The van der Waals surface area contributed by atoms with Crippen molar-refractivity contribution in [3.05, 3.63) is 40.9 Å². The van der Waals surface area contributed by atoms with Gasteiger partial charge in [0.05, 0.1) is 0 Å². The van der Waals surface area contributed by atoms with Gasteiger partial charge in [-0.15, -0.1) is 25.3 Å². The maximum Gasteiger partial charge on any atom is 0.0478 e. The van der Waals surface area contributed by atoms with Gasteiger partial charge in [-0.2, -0.15) is 0 Å². The van der Waals surface area contributed by atoms with Crippen LogP contribution >= 0.6 is 25.3 Å². The zero-order chi connectivity index (χ0) is 13.1. The minimum Gasteiger partial charge on any atom is -0.351 e. The van der Waals surface area contributed by atoms with Crippen molar-refractivity contribution in [3.8, 4) is 0 Å². The summed E-state index contributed by atoms with van der Waals surface area (Å²) >= 11 is 9.18. The SMILES string of the molecule is CCCC/C(S)=C(\S)c1ccc2c(ccn2C)c1. The summed E-state index contributed by atoms with van der Waals surface area (Å²) in [7, 11) is 2.06. The van der Waals surface area contributed by atoms with Crippen molar-refractivity contribution < 1.29 is 0 Å². The first-order chi connectivity index (χ1) is 8.63. The molecule has 2 aromatic rings. The first kappa shape index (κ1) is 13.6. The molecule has 96 valence electrons. The number of aromatic nitrogens is 1. The van der Waals surface area contributed by atoms with Crippen LogP contribution in [-0.2, 0) is 7.05 Å². The summed E-state index contributed by atoms with van der Waals surface area (Å²) in [4.78, 5) is 2.08. The number of unbranched alkanes of at least 4 members (excludes halogenated alkanes) is 1. The van der Waals surface area contributed by atoms with Gasteiger partial charge in [-0.3, -0.25) is 0 Å². The summed E-state index contributed by atoms with van der Waals surface area (Å²) in [5, 5.41) is 1.25. The maximum absolute atomic E-state index is 4.62. The third-order valence-electron chi connectivity index (χ3n) is 3.20. The van der Waals surface area contributed by atoms with Gasteiger partial charge in [-0.1, -0.05) is 19.4 Å². The quantitative estimate of drug-likeness (QED) is 0.733. The average molecular weight is 277 g/mol. The van der Waals surface area contributed by atoms with Crippen LogP contribution in [0, 0.1) is 0 Å². The molecule has 0 aliphatic heterocycles. The van der Waals surface area contributed by atoms with E-state index in [1.807, 2.05) is 0 Å². The molecule has 0 fully saturated rings. The molecule has 1 heterocycles. The highest BCUT2D eigenvalue weighted by molar-refractivity contribution is 7.93. The van der Waals surface area contributed by atoms with Crippen molar-refractivity contribution in [2.45, 2.75) is 26.2 Å². The first-order valence-corrected chi connectivity index (χ1v) is 7.19. The zero-order valence-electron chi connectivity index (χ0n) is 10.8. The van der Waals surface area contributed by atoms with Gasteiger partial charge in [0.15, 0.2) is 0 Å². The third-order valence-corrected chi connectivity index (χ3v) is 4.35. The van der Waals surface area contributed by atoms with Crippen molar-refractivity contribution in [1.82, 2.24) is 4.57 Å². The second-order valence-electron chi connectivity index (χ2n) is 4.60. The monoisotopic (exact) mass is 277 g/mol. The standard InChI is InChI=1S/C15H19NS2/c1-3-4-5-14(17)15(18)12-6-7-13-11(10-12)8-9-16(13)2/h6-10,17-18H,3-5H2,1-2H3/b15-14+. The Bertz CT molecular complexity index is 581. The van der Waals surface area contributed by atoms with E-state index in [0.29, 0.717) is 0 Å². The third kappa shape index (κ3) is 2.78. The lowest BCUT2D eigenvalue weighted by Crippen LogP contribution is -1.86. The van der Waals surface area contributed by atoms with Gasteiger partial charge in [0, 0.05) is 29.1 Å². The molecule has 0 aliphatic rings. The molecule has 2 rings (SSSR count). The highest BCUT2D eigenvalue weighted by atomic mass is 32.1. The van der Waals surface area contributed by atoms with Crippen LogP contribution in [0.15, 0.2) is 35.4 Å². The van der Waals surface area contributed by atoms with Crippen LogP contribution in [0.3, 0.4) is 0 Å². The van der Waals surface area contributed by atoms with Crippen LogP contribution in [-0.4, -0.2) is 4.57 Å². The molecule has 0 amide bonds. The van der Waals surface area contributed by atoms with E-state index < -0.39 is 0 Å². The van der Waals surface area contributed by atoms with Crippen molar-refractivity contribution in [2.75, 3.05) is 0 Å². The maximum atomic E-state index is 4.62. The van der Waals surface area contributed by atoms with Gasteiger partial charge in [0.1, 0.15) is 0 Å². The molecule has 1 nitrogen and oxygen atoms in total. The van der Waals surface area contributed by atoms with E-state index in [9.17, 15) is 0 Å². The van der Waals surface area contributed by atoms with E-state index in [4.69, 9.17) is 0 Å². The Balaban J connectivity index is 2.35. The number of aryl methyl sites for hydroxylation is 1. The fraction of sp³-hybridized carbons (Fsp3) is 0.333. The molecular weight excluding hydrogens is 258 g/mol. The van der Waals surface area contributed by atoms with Gasteiger partial charge in [-0.05, 0) is 41.5 Å². The number of rotatable bonds is 4. The summed E-state index contributed by atoms with van der Waals surface area (Å²) < 4.78 is 2.12. The summed E-state index contributed by atoms with van der Waals surface area (Å²) in [5.41, 5.74) is 2.40. The van der Waals surface area contributed by atoms with Gasteiger partial charge in [0.25, 0.3) is 0 Å². The molecule has 0 radical (unpaired) electrons. The Morgan fingerprint density at radius 2 is 2.00 bits per heavy atom. The Labute approximate surface area is 120 Å². The summed E-state index contributed by atoms with van der Waals surface area (Å²) in [6.45, 7) is 2.19. The Kier molecular flexibility index (Phi) is 4.46. The predicted molar refractivity (Wildman–Crippen MR) is 87.3 cm³/mol. The lowest BCUT2D eigenvalue weighted by atomic mass is 10.1. The predicted octanol–water partition coefficient (Wildman–Crippen LogP) is 4.90. The molecule has 0 atom stereocenters. The topological polar surface area (TPSA) is 4.93 Å². The molecule has 0 saturated heterocycles. The summed E-state index contributed by atoms with van der Waals surface area (Å²) in [5.74, 6) is 0. The van der Waals surface area contributed by atoms with Gasteiger partial charge in [-0.25, -0.2) is 0 Å². The Morgan fingerprint density at radius 1 is 1.22 bits per heavy atom. The number of benzene rings is 1.